The zero-order valence-corrected chi connectivity index (χ0v) is 11.8. The van der Waals surface area contributed by atoms with Crippen LogP contribution in [0.5, 0.6) is 0 Å². The molecule has 2 N–H and O–H groups in total. The van der Waals surface area contributed by atoms with Crippen molar-refractivity contribution in [2.75, 3.05) is 27.7 Å². The van der Waals surface area contributed by atoms with Crippen LogP contribution in [0, 0.1) is 11.8 Å². The van der Waals surface area contributed by atoms with Gasteiger partial charge in [0, 0.05) is 33.1 Å². The van der Waals surface area contributed by atoms with E-state index in [1.165, 1.54) is 9.80 Å². The number of nitrogens with zero attached hydrogens (tertiary/aromatic N) is 2. The molecule has 104 valence electrons. The van der Waals surface area contributed by atoms with E-state index in [1.54, 1.807) is 21.1 Å². The average Bonchev–Trinajstić information content (AvgIpc) is 2.31. The third kappa shape index (κ3) is 3.70. The van der Waals surface area contributed by atoms with Crippen LogP contribution in [-0.2, 0) is 9.59 Å². The summed E-state index contributed by atoms with van der Waals surface area (Å²) in [5.41, 5.74) is 5.95. The van der Waals surface area contributed by atoms with Crippen molar-refractivity contribution in [2.24, 2.45) is 17.6 Å². The largest absolute Gasteiger partial charge is 0.347 e. The molecular formula is C13H25N3O2. The standard InChI is InChI=1S/C13H25N3O2/c1-9-7-10(5-6-11(9)14)13(18)16(4)8-12(17)15(2)3/h9-11H,5-8,14H2,1-4H3. The minimum atomic E-state index is -0.0496. The van der Waals surface area contributed by atoms with Crippen LogP contribution in [0.3, 0.4) is 0 Å². The Labute approximate surface area is 109 Å². The summed E-state index contributed by atoms with van der Waals surface area (Å²) in [5.74, 6) is 0.431. The fraction of sp³-hybridized carbons (Fsp3) is 0.846. The first kappa shape index (κ1) is 15.0. The summed E-state index contributed by atoms with van der Waals surface area (Å²) in [6, 6.07) is 0.211. The summed E-state index contributed by atoms with van der Waals surface area (Å²) >= 11 is 0. The van der Waals surface area contributed by atoms with Crippen molar-refractivity contribution in [2.45, 2.75) is 32.2 Å². The van der Waals surface area contributed by atoms with Crippen LogP contribution in [0.15, 0.2) is 0 Å². The summed E-state index contributed by atoms with van der Waals surface area (Å²) in [6.07, 6.45) is 2.57. The van der Waals surface area contributed by atoms with Gasteiger partial charge in [-0.25, -0.2) is 0 Å². The fourth-order valence-corrected chi connectivity index (χ4v) is 2.38. The van der Waals surface area contributed by atoms with Gasteiger partial charge in [-0.1, -0.05) is 6.92 Å². The molecule has 0 aromatic rings. The Balaban J connectivity index is 2.51. The molecule has 1 aliphatic rings. The highest BCUT2D eigenvalue weighted by molar-refractivity contribution is 5.85. The van der Waals surface area contributed by atoms with Crippen LogP contribution in [0.4, 0.5) is 0 Å². The lowest BCUT2D eigenvalue weighted by molar-refractivity contribution is -0.141. The number of likely N-dealkylation sites (N-methyl/N-ethyl adjacent to an activating group) is 2. The Hall–Kier alpha value is -1.10. The SMILES string of the molecule is CC1CC(C(=O)N(C)CC(=O)N(C)C)CCC1N. The van der Waals surface area contributed by atoms with E-state index < -0.39 is 0 Å². The predicted molar refractivity (Wildman–Crippen MR) is 70.8 cm³/mol. The molecule has 18 heavy (non-hydrogen) atoms. The Morgan fingerprint density at radius 1 is 1.22 bits per heavy atom. The molecule has 0 spiro atoms. The van der Waals surface area contributed by atoms with E-state index in [0.29, 0.717) is 5.92 Å². The molecule has 5 heteroatoms. The Bertz CT molecular complexity index is 317. The van der Waals surface area contributed by atoms with Gasteiger partial charge in [0.05, 0.1) is 6.54 Å². The van der Waals surface area contributed by atoms with Crippen molar-refractivity contribution in [3.8, 4) is 0 Å². The summed E-state index contributed by atoms with van der Waals surface area (Å²) in [4.78, 5) is 26.8. The third-order valence-electron chi connectivity index (χ3n) is 3.83. The van der Waals surface area contributed by atoms with Crippen molar-refractivity contribution in [3.63, 3.8) is 0 Å². The van der Waals surface area contributed by atoms with Crippen molar-refractivity contribution in [3.05, 3.63) is 0 Å². The summed E-state index contributed by atoms with van der Waals surface area (Å²) < 4.78 is 0. The molecule has 0 bridgehead atoms. The molecule has 5 nitrogen and oxygen atoms in total. The lowest BCUT2D eigenvalue weighted by Crippen LogP contribution is -2.44. The van der Waals surface area contributed by atoms with Gasteiger partial charge in [0.2, 0.25) is 11.8 Å². The number of hydrogen-bond acceptors (Lipinski definition) is 3. The van der Waals surface area contributed by atoms with Crippen LogP contribution in [-0.4, -0.2) is 55.3 Å². The van der Waals surface area contributed by atoms with Crippen molar-refractivity contribution < 1.29 is 9.59 Å². The molecule has 1 saturated carbocycles. The third-order valence-corrected chi connectivity index (χ3v) is 3.83. The van der Waals surface area contributed by atoms with Gasteiger partial charge in [-0.15, -0.1) is 0 Å². The van der Waals surface area contributed by atoms with Gasteiger partial charge in [-0.3, -0.25) is 9.59 Å². The second-order valence-electron chi connectivity index (χ2n) is 5.63. The van der Waals surface area contributed by atoms with Crippen LogP contribution in [0.25, 0.3) is 0 Å². The normalized spacial score (nSPS) is 27.7. The van der Waals surface area contributed by atoms with Gasteiger partial charge in [0.15, 0.2) is 0 Å². The molecule has 1 rings (SSSR count). The number of nitrogens with two attached hydrogens (primary N) is 1. The molecular weight excluding hydrogens is 230 g/mol. The molecule has 1 fully saturated rings. The maximum atomic E-state index is 12.2. The number of hydrogen-bond donors (Lipinski definition) is 1. The minimum absolute atomic E-state index is 0.0276. The van der Waals surface area contributed by atoms with E-state index >= 15 is 0 Å². The molecule has 2 amide bonds. The zero-order valence-electron chi connectivity index (χ0n) is 11.8. The smallest absolute Gasteiger partial charge is 0.241 e. The van der Waals surface area contributed by atoms with E-state index in [2.05, 4.69) is 6.92 Å². The maximum absolute atomic E-state index is 12.2. The molecule has 3 unspecified atom stereocenters. The van der Waals surface area contributed by atoms with Crippen LogP contribution in [0.2, 0.25) is 0 Å². The van der Waals surface area contributed by atoms with Crippen LogP contribution < -0.4 is 5.73 Å². The van der Waals surface area contributed by atoms with Gasteiger partial charge < -0.3 is 15.5 Å². The monoisotopic (exact) mass is 255 g/mol. The average molecular weight is 255 g/mol. The highest BCUT2D eigenvalue weighted by Crippen LogP contribution is 2.29. The molecule has 0 aliphatic heterocycles. The van der Waals surface area contributed by atoms with E-state index in [1.807, 2.05) is 0 Å². The van der Waals surface area contributed by atoms with Crippen LogP contribution >= 0.6 is 0 Å². The molecule has 0 aromatic heterocycles. The molecule has 3 atom stereocenters. The topological polar surface area (TPSA) is 66.6 Å². The molecule has 0 heterocycles. The van der Waals surface area contributed by atoms with Crippen molar-refractivity contribution in [1.29, 1.82) is 0 Å². The first-order valence-electron chi connectivity index (χ1n) is 6.53. The van der Waals surface area contributed by atoms with E-state index in [4.69, 9.17) is 5.73 Å². The summed E-state index contributed by atoms with van der Waals surface area (Å²) in [5, 5.41) is 0. The zero-order chi connectivity index (χ0) is 13.9. The second kappa shape index (κ2) is 6.18. The number of carbonyl (C=O) groups excluding carboxylic acids is 2. The van der Waals surface area contributed by atoms with Crippen LogP contribution in [0.1, 0.15) is 26.2 Å². The number of amides is 2. The fourth-order valence-electron chi connectivity index (χ4n) is 2.38. The summed E-state index contributed by atoms with van der Waals surface area (Å²) in [6.45, 7) is 2.25. The highest BCUT2D eigenvalue weighted by Gasteiger charge is 2.31. The Kier molecular flexibility index (Phi) is 5.14. The molecule has 1 aliphatic carbocycles. The second-order valence-corrected chi connectivity index (χ2v) is 5.63. The first-order chi connectivity index (χ1) is 8.32. The lowest BCUT2D eigenvalue weighted by atomic mass is 9.79. The van der Waals surface area contributed by atoms with Gasteiger partial charge in [0.25, 0.3) is 0 Å². The molecule has 0 aromatic carbocycles. The van der Waals surface area contributed by atoms with E-state index in [0.717, 1.165) is 19.3 Å². The highest BCUT2D eigenvalue weighted by atomic mass is 16.2. The van der Waals surface area contributed by atoms with Crippen molar-refractivity contribution in [1.82, 2.24) is 9.80 Å². The molecule has 0 saturated heterocycles. The molecule has 0 radical (unpaired) electrons. The Morgan fingerprint density at radius 2 is 1.83 bits per heavy atom. The van der Waals surface area contributed by atoms with E-state index in [9.17, 15) is 9.59 Å². The first-order valence-corrected chi connectivity index (χ1v) is 6.53. The summed E-state index contributed by atoms with van der Waals surface area (Å²) in [7, 11) is 5.09. The van der Waals surface area contributed by atoms with Gasteiger partial charge in [-0.2, -0.15) is 0 Å². The maximum Gasteiger partial charge on any atom is 0.241 e. The number of rotatable bonds is 3. The van der Waals surface area contributed by atoms with Crippen molar-refractivity contribution >= 4 is 11.8 Å². The van der Waals surface area contributed by atoms with E-state index in [-0.39, 0.29) is 30.3 Å². The van der Waals surface area contributed by atoms with Gasteiger partial charge in [0.1, 0.15) is 0 Å². The minimum Gasteiger partial charge on any atom is -0.347 e. The van der Waals surface area contributed by atoms with Gasteiger partial charge >= 0.3 is 0 Å². The Morgan fingerprint density at radius 3 is 2.33 bits per heavy atom. The van der Waals surface area contributed by atoms with Gasteiger partial charge in [-0.05, 0) is 25.2 Å². The lowest BCUT2D eigenvalue weighted by Gasteiger charge is -2.33. The quantitative estimate of drug-likeness (QED) is 0.788. The number of carbonyl (C=O) groups is 2. The predicted octanol–water partition coefficient (Wildman–Crippen LogP) is 0.297.